The van der Waals surface area contributed by atoms with Gasteiger partial charge in [0, 0.05) is 28.5 Å². The highest BCUT2D eigenvalue weighted by Crippen LogP contribution is 2.30. The summed E-state index contributed by atoms with van der Waals surface area (Å²) >= 11 is 3.41. The zero-order chi connectivity index (χ0) is 18.3. The fourth-order valence-electron chi connectivity index (χ4n) is 3.24. The zero-order valence-electron chi connectivity index (χ0n) is 14.1. The molecule has 1 saturated heterocycles. The fourth-order valence-corrected chi connectivity index (χ4v) is 3.72. The topological polar surface area (TPSA) is 78.1 Å². The molecule has 0 aliphatic carbocycles. The molecule has 1 unspecified atom stereocenters. The largest absolute Gasteiger partial charge is 0.326 e. The van der Waals surface area contributed by atoms with E-state index in [0.29, 0.717) is 12.4 Å². The van der Waals surface area contributed by atoms with Crippen LogP contribution in [0.15, 0.2) is 46.9 Å². The van der Waals surface area contributed by atoms with Crippen molar-refractivity contribution in [1.82, 2.24) is 10.2 Å². The molecule has 1 atom stereocenters. The summed E-state index contributed by atoms with van der Waals surface area (Å²) in [6, 6.07) is 13.3. The number of H-pyrrole nitrogens is 1. The summed E-state index contributed by atoms with van der Waals surface area (Å²) in [5, 5.41) is 11.0. The third-order valence-electron chi connectivity index (χ3n) is 4.65. The van der Waals surface area contributed by atoms with Gasteiger partial charge < -0.3 is 5.32 Å². The predicted octanol–water partition coefficient (Wildman–Crippen LogP) is 3.63. The smallest absolute Gasteiger partial charge is 0.229 e. The van der Waals surface area contributed by atoms with Crippen LogP contribution in [0.25, 0.3) is 10.9 Å². The molecule has 132 valence electrons. The monoisotopic (exact) mass is 412 g/mol. The van der Waals surface area contributed by atoms with E-state index in [4.69, 9.17) is 0 Å². The number of hydrogen-bond donors (Lipinski definition) is 2. The summed E-state index contributed by atoms with van der Waals surface area (Å²) < 4.78 is 0.959. The molecule has 1 aliphatic heterocycles. The van der Waals surface area contributed by atoms with Crippen LogP contribution < -0.4 is 10.2 Å². The van der Waals surface area contributed by atoms with Gasteiger partial charge in [-0.25, -0.2) is 0 Å². The molecule has 2 N–H and O–H groups in total. The molecule has 7 heteroatoms. The van der Waals surface area contributed by atoms with Crippen molar-refractivity contribution in [3.8, 4) is 0 Å². The average molecular weight is 413 g/mol. The van der Waals surface area contributed by atoms with Gasteiger partial charge in [-0.3, -0.25) is 19.6 Å². The Morgan fingerprint density at radius 1 is 1.31 bits per heavy atom. The maximum absolute atomic E-state index is 12.6. The van der Waals surface area contributed by atoms with Crippen LogP contribution in [0.2, 0.25) is 0 Å². The summed E-state index contributed by atoms with van der Waals surface area (Å²) in [6.45, 7) is 2.26. The Bertz CT molecular complexity index is 1010. The van der Waals surface area contributed by atoms with E-state index in [0.717, 1.165) is 26.6 Å². The van der Waals surface area contributed by atoms with Crippen molar-refractivity contribution < 1.29 is 9.59 Å². The maximum Gasteiger partial charge on any atom is 0.229 e. The Morgan fingerprint density at radius 3 is 2.92 bits per heavy atom. The van der Waals surface area contributed by atoms with Gasteiger partial charge in [-0.1, -0.05) is 28.1 Å². The molecule has 26 heavy (non-hydrogen) atoms. The minimum Gasteiger partial charge on any atom is -0.326 e. The minimum atomic E-state index is -0.402. The quantitative estimate of drug-likeness (QED) is 0.689. The molecule has 2 heterocycles. The number of nitrogens with one attached hydrogen (secondary N) is 2. The van der Waals surface area contributed by atoms with Crippen LogP contribution in [-0.4, -0.2) is 28.6 Å². The molecule has 6 nitrogen and oxygen atoms in total. The first kappa shape index (κ1) is 16.8. The van der Waals surface area contributed by atoms with Gasteiger partial charge in [0.05, 0.1) is 11.4 Å². The van der Waals surface area contributed by atoms with E-state index in [2.05, 4.69) is 31.4 Å². The number of aromatic amines is 1. The highest BCUT2D eigenvalue weighted by molar-refractivity contribution is 9.10. The number of amides is 2. The zero-order valence-corrected chi connectivity index (χ0v) is 15.7. The first-order chi connectivity index (χ1) is 12.5. The number of benzene rings is 2. The number of para-hydroxylation sites is 1. The second kappa shape index (κ2) is 6.57. The molecular formula is C19H17BrN4O2. The second-order valence-electron chi connectivity index (χ2n) is 6.45. The van der Waals surface area contributed by atoms with Crippen LogP contribution in [-0.2, 0) is 9.59 Å². The lowest BCUT2D eigenvalue weighted by Gasteiger charge is -2.15. The van der Waals surface area contributed by atoms with Crippen molar-refractivity contribution in [3.05, 3.63) is 52.5 Å². The molecule has 2 amide bonds. The van der Waals surface area contributed by atoms with Crippen LogP contribution in [0.4, 0.5) is 11.5 Å². The molecule has 1 aromatic heterocycles. The van der Waals surface area contributed by atoms with Gasteiger partial charge in [0.2, 0.25) is 11.8 Å². The lowest BCUT2D eigenvalue weighted by Crippen LogP contribution is -2.28. The number of aryl methyl sites for hydroxylation is 1. The number of hydrogen-bond acceptors (Lipinski definition) is 3. The molecule has 1 aliphatic rings. The van der Waals surface area contributed by atoms with Crippen molar-refractivity contribution >= 4 is 50.2 Å². The van der Waals surface area contributed by atoms with Gasteiger partial charge in [-0.15, -0.1) is 0 Å². The standard InChI is InChI=1S/C19H17BrN4O2/c1-11-8-13(20)6-7-15(11)21-19(26)12-9-17(25)24(10-12)18-14-4-2-3-5-16(14)22-23-18/h2-8,12H,9-10H2,1H3,(H,21,26)(H,22,23). The van der Waals surface area contributed by atoms with Crippen LogP contribution in [0, 0.1) is 12.8 Å². The second-order valence-corrected chi connectivity index (χ2v) is 7.36. The Balaban J connectivity index is 1.53. The van der Waals surface area contributed by atoms with Gasteiger partial charge >= 0.3 is 0 Å². The van der Waals surface area contributed by atoms with E-state index in [1.807, 2.05) is 49.4 Å². The molecule has 4 rings (SSSR count). The Labute approximate surface area is 158 Å². The van der Waals surface area contributed by atoms with Crippen molar-refractivity contribution in [3.63, 3.8) is 0 Å². The van der Waals surface area contributed by atoms with Crippen LogP contribution in [0.1, 0.15) is 12.0 Å². The average Bonchev–Trinajstić information content (AvgIpc) is 3.20. The SMILES string of the molecule is Cc1cc(Br)ccc1NC(=O)C1CC(=O)N(c2n[nH]c3ccccc23)C1. The van der Waals surface area contributed by atoms with Crippen molar-refractivity contribution in [2.24, 2.45) is 5.92 Å². The summed E-state index contributed by atoms with van der Waals surface area (Å²) in [7, 11) is 0. The molecule has 2 aromatic carbocycles. The first-order valence-electron chi connectivity index (χ1n) is 8.33. The normalized spacial score (nSPS) is 17.1. The lowest BCUT2D eigenvalue weighted by molar-refractivity contribution is -0.122. The van der Waals surface area contributed by atoms with Gasteiger partial charge in [0.1, 0.15) is 0 Å². The van der Waals surface area contributed by atoms with Crippen molar-refractivity contribution in [2.45, 2.75) is 13.3 Å². The van der Waals surface area contributed by atoms with Crippen LogP contribution in [0.3, 0.4) is 0 Å². The molecule has 1 fully saturated rings. The number of anilines is 2. The minimum absolute atomic E-state index is 0.0880. The molecule has 0 radical (unpaired) electrons. The fraction of sp³-hybridized carbons (Fsp3) is 0.211. The van der Waals surface area contributed by atoms with Crippen LogP contribution in [0.5, 0.6) is 0 Å². The van der Waals surface area contributed by atoms with Crippen molar-refractivity contribution in [2.75, 3.05) is 16.8 Å². The number of nitrogens with zero attached hydrogens (tertiary/aromatic N) is 2. The molecule has 0 spiro atoms. The third kappa shape index (κ3) is 2.99. The van der Waals surface area contributed by atoms with E-state index >= 15 is 0 Å². The highest BCUT2D eigenvalue weighted by Gasteiger charge is 2.37. The number of rotatable bonds is 3. The van der Waals surface area contributed by atoms with Crippen molar-refractivity contribution in [1.29, 1.82) is 0 Å². The highest BCUT2D eigenvalue weighted by atomic mass is 79.9. The van der Waals surface area contributed by atoms with E-state index in [1.165, 1.54) is 0 Å². The molecular weight excluding hydrogens is 396 g/mol. The number of aromatic nitrogens is 2. The number of fused-ring (bicyclic) bond motifs is 1. The Morgan fingerprint density at radius 2 is 2.12 bits per heavy atom. The lowest BCUT2D eigenvalue weighted by atomic mass is 10.1. The Kier molecular flexibility index (Phi) is 4.24. The summed E-state index contributed by atoms with van der Waals surface area (Å²) in [5.74, 6) is -0.0530. The number of halogens is 1. The van der Waals surface area contributed by atoms with E-state index < -0.39 is 5.92 Å². The number of carbonyl (C=O) groups is 2. The van der Waals surface area contributed by atoms with Gasteiger partial charge in [-0.2, -0.15) is 5.10 Å². The van der Waals surface area contributed by atoms with Gasteiger partial charge in [0.25, 0.3) is 0 Å². The third-order valence-corrected chi connectivity index (χ3v) is 5.14. The summed E-state index contributed by atoms with van der Waals surface area (Å²) in [4.78, 5) is 26.7. The van der Waals surface area contributed by atoms with E-state index in [-0.39, 0.29) is 18.2 Å². The summed E-state index contributed by atoms with van der Waals surface area (Å²) in [6.07, 6.45) is 0.183. The van der Waals surface area contributed by atoms with Gasteiger partial charge in [-0.05, 0) is 42.8 Å². The van der Waals surface area contributed by atoms with E-state index in [9.17, 15) is 9.59 Å². The van der Waals surface area contributed by atoms with E-state index in [1.54, 1.807) is 4.90 Å². The predicted molar refractivity (Wildman–Crippen MR) is 104 cm³/mol. The molecule has 0 saturated carbocycles. The maximum atomic E-state index is 12.6. The van der Waals surface area contributed by atoms with Crippen LogP contribution >= 0.6 is 15.9 Å². The first-order valence-corrected chi connectivity index (χ1v) is 9.12. The number of carbonyl (C=O) groups excluding carboxylic acids is 2. The molecule has 0 bridgehead atoms. The van der Waals surface area contributed by atoms with Gasteiger partial charge in [0.15, 0.2) is 5.82 Å². The Hall–Kier alpha value is -2.67. The molecule has 3 aromatic rings. The summed E-state index contributed by atoms with van der Waals surface area (Å²) in [5.41, 5.74) is 2.59.